The van der Waals surface area contributed by atoms with Crippen molar-refractivity contribution in [3.63, 3.8) is 0 Å². The molecule has 1 amide bonds. The van der Waals surface area contributed by atoms with Gasteiger partial charge < -0.3 is 10.2 Å². The number of carbonyl (C=O) groups excluding carboxylic acids is 1. The molecule has 1 aromatic carbocycles. The van der Waals surface area contributed by atoms with Crippen molar-refractivity contribution < 1.29 is 4.79 Å². The molecule has 2 aromatic heterocycles. The average molecular weight is 350 g/mol. The number of likely N-dealkylation sites (tertiary alicyclic amines) is 1. The lowest BCUT2D eigenvalue weighted by molar-refractivity contribution is 0.102. The van der Waals surface area contributed by atoms with Crippen LogP contribution in [0.1, 0.15) is 29.2 Å². The van der Waals surface area contributed by atoms with Gasteiger partial charge in [-0.2, -0.15) is 10.2 Å². The lowest BCUT2D eigenvalue weighted by Gasteiger charge is -2.30. The van der Waals surface area contributed by atoms with Gasteiger partial charge in [0.2, 0.25) is 0 Å². The smallest absolute Gasteiger partial charge is 0.259 e. The molecule has 1 aliphatic rings. The van der Waals surface area contributed by atoms with E-state index in [9.17, 15) is 4.79 Å². The highest BCUT2D eigenvalue weighted by Crippen LogP contribution is 2.25. The minimum Gasteiger partial charge on any atom is -0.307 e. The molecule has 7 heteroatoms. The van der Waals surface area contributed by atoms with Crippen LogP contribution in [0, 0.1) is 0 Å². The largest absolute Gasteiger partial charge is 0.307 e. The Morgan fingerprint density at radius 2 is 1.88 bits per heavy atom. The van der Waals surface area contributed by atoms with Crippen molar-refractivity contribution in [3.05, 3.63) is 60.6 Å². The number of benzene rings is 1. The fourth-order valence-electron chi connectivity index (χ4n) is 3.40. The van der Waals surface area contributed by atoms with Gasteiger partial charge in [0.1, 0.15) is 5.82 Å². The summed E-state index contributed by atoms with van der Waals surface area (Å²) in [5.41, 5.74) is 1.33. The lowest BCUT2D eigenvalue weighted by atomic mass is 10.1. The van der Waals surface area contributed by atoms with Crippen LogP contribution in [0.3, 0.4) is 0 Å². The van der Waals surface area contributed by atoms with E-state index in [2.05, 4.69) is 27.5 Å². The first-order valence-corrected chi connectivity index (χ1v) is 8.85. The molecular weight excluding hydrogens is 328 g/mol. The van der Waals surface area contributed by atoms with E-state index in [0.717, 1.165) is 37.4 Å². The van der Waals surface area contributed by atoms with Crippen molar-refractivity contribution in [1.29, 1.82) is 0 Å². The maximum atomic E-state index is 12.9. The van der Waals surface area contributed by atoms with Crippen LogP contribution in [-0.2, 0) is 0 Å². The molecule has 0 bridgehead atoms. The summed E-state index contributed by atoms with van der Waals surface area (Å²) >= 11 is 0. The highest BCUT2D eigenvalue weighted by atomic mass is 16.1. The van der Waals surface area contributed by atoms with Crippen LogP contribution in [0.2, 0.25) is 0 Å². The molecule has 3 heterocycles. The molecule has 26 heavy (non-hydrogen) atoms. The maximum absolute atomic E-state index is 12.9. The molecule has 0 spiro atoms. The van der Waals surface area contributed by atoms with Crippen molar-refractivity contribution in [3.8, 4) is 5.69 Å². The van der Waals surface area contributed by atoms with Gasteiger partial charge >= 0.3 is 0 Å². The number of nitrogens with zero attached hydrogens (tertiary/aromatic N) is 5. The van der Waals surface area contributed by atoms with E-state index in [-0.39, 0.29) is 5.91 Å². The first-order chi connectivity index (χ1) is 12.7. The average Bonchev–Trinajstić information content (AvgIpc) is 3.34. The second-order valence-electron chi connectivity index (χ2n) is 6.62. The molecule has 7 nitrogen and oxygen atoms in total. The van der Waals surface area contributed by atoms with Gasteiger partial charge in [-0.15, -0.1) is 0 Å². The minimum absolute atomic E-state index is 0.161. The zero-order valence-electron chi connectivity index (χ0n) is 14.7. The normalized spacial score (nSPS) is 15.9. The Hall–Kier alpha value is -2.93. The molecule has 1 N–H and O–H groups in total. The van der Waals surface area contributed by atoms with Crippen molar-refractivity contribution >= 4 is 11.7 Å². The molecule has 0 aliphatic carbocycles. The number of nitrogens with one attached hydrogen (secondary N) is 1. The molecule has 134 valence electrons. The van der Waals surface area contributed by atoms with Gasteiger partial charge in [0.05, 0.1) is 23.5 Å². The number of para-hydroxylation sites is 1. The summed E-state index contributed by atoms with van der Waals surface area (Å²) in [6.45, 7) is 2.08. The van der Waals surface area contributed by atoms with Gasteiger partial charge in [0, 0.05) is 18.5 Å². The number of piperidine rings is 1. The zero-order valence-corrected chi connectivity index (χ0v) is 14.7. The maximum Gasteiger partial charge on any atom is 0.259 e. The fourth-order valence-corrected chi connectivity index (χ4v) is 3.40. The van der Waals surface area contributed by atoms with Gasteiger partial charge in [-0.25, -0.2) is 9.36 Å². The third kappa shape index (κ3) is 3.25. The van der Waals surface area contributed by atoms with Gasteiger partial charge in [0.25, 0.3) is 5.91 Å². The Kier molecular flexibility index (Phi) is 4.53. The van der Waals surface area contributed by atoms with E-state index >= 15 is 0 Å². The van der Waals surface area contributed by atoms with E-state index < -0.39 is 0 Å². The summed E-state index contributed by atoms with van der Waals surface area (Å²) in [7, 11) is 2.13. The monoisotopic (exact) mass is 350 g/mol. The summed E-state index contributed by atoms with van der Waals surface area (Å²) in [6, 6.07) is 11.5. The van der Waals surface area contributed by atoms with Crippen LogP contribution >= 0.6 is 0 Å². The molecule has 1 fully saturated rings. The van der Waals surface area contributed by atoms with Gasteiger partial charge in [0.15, 0.2) is 0 Å². The zero-order chi connectivity index (χ0) is 17.9. The Balaban J connectivity index is 1.56. The van der Waals surface area contributed by atoms with Gasteiger partial charge in [-0.05, 0) is 51.2 Å². The Bertz CT molecular complexity index is 877. The van der Waals surface area contributed by atoms with E-state index in [1.807, 2.05) is 47.3 Å². The molecule has 4 rings (SSSR count). The molecule has 1 aliphatic heterocycles. The van der Waals surface area contributed by atoms with Crippen LogP contribution < -0.4 is 5.32 Å². The number of hydrogen-bond acceptors (Lipinski definition) is 4. The SMILES string of the molecule is CN1CCC(n2nccc2NC(=O)c2ccccc2-n2cccn2)CC1. The summed E-state index contributed by atoms with van der Waals surface area (Å²) in [6.07, 6.45) is 7.34. The van der Waals surface area contributed by atoms with Crippen LogP contribution in [-0.4, -0.2) is 50.5 Å². The predicted octanol–water partition coefficient (Wildman–Crippen LogP) is 2.59. The first-order valence-electron chi connectivity index (χ1n) is 8.85. The molecule has 3 aromatic rings. The highest BCUT2D eigenvalue weighted by molar-refractivity contribution is 6.06. The third-order valence-corrected chi connectivity index (χ3v) is 4.85. The van der Waals surface area contributed by atoms with Crippen molar-refractivity contribution in [2.24, 2.45) is 0 Å². The van der Waals surface area contributed by atoms with Gasteiger partial charge in [-0.1, -0.05) is 12.1 Å². The van der Waals surface area contributed by atoms with E-state index in [1.165, 1.54) is 0 Å². The van der Waals surface area contributed by atoms with Crippen molar-refractivity contribution in [1.82, 2.24) is 24.5 Å². The molecular formula is C19H22N6O. The van der Waals surface area contributed by atoms with E-state index in [1.54, 1.807) is 17.1 Å². The standard InChI is InChI=1S/C19H22N6O/c1-23-13-8-15(9-14-23)25-18(7-11-21-25)22-19(26)16-5-2-3-6-17(16)24-12-4-10-20-24/h2-7,10-12,15H,8-9,13-14H2,1H3,(H,22,26). The minimum atomic E-state index is -0.161. The molecule has 0 unspecified atom stereocenters. The van der Waals surface area contributed by atoms with E-state index in [4.69, 9.17) is 0 Å². The second kappa shape index (κ2) is 7.13. The topological polar surface area (TPSA) is 68.0 Å². The van der Waals surface area contributed by atoms with Crippen molar-refractivity contribution in [2.45, 2.75) is 18.9 Å². The number of aromatic nitrogens is 4. The Labute approximate surface area is 152 Å². The first kappa shape index (κ1) is 16.5. The third-order valence-electron chi connectivity index (χ3n) is 4.85. The molecule has 0 radical (unpaired) electrons. The number of hydrogen-bond donors (Lipinski definition) is 1. The Morgan fingerprint density at radius 3 is 2.65 bits per heavy atom. The van der Waals surface area contributed by atoms with Crippen LogP contribution in [0.25, 0.3) is 5.69 Å². The summed E-state index contributed by atoms with van der Waals surface area (Å²) in [5, 5.41) is 11.7. The molecule has 0 saturated carbocycles. The van der Waals surface area contributed by atoms with Crippen LogP contribution in [0.5, 0.6) is 0 Å². The van der Waals surface area contributed by atoms with E-state index in [0.29, 0.717) is 11.6 Å². The second-order valence-corrected chi connectivity index (χ2v) is 6.62. The van der Waals surface area contributed by atoms with Crippen molar-refractivity contribution in [2.75, 3.05) is 25.5 Å². The Morgan fingerprint density at radius 1 is 1.08 bits per heavy atom. The fraction of sp³-hybridized carbons (Fsp3) is 0.316. The quantitative estimate of drug-likeness (QED) is 0.785. The predicted molar refractivity (Wildman–Crippen MR) is 99.5 cm³/mol. The number of anilines is 1. The summed E-state index contributed by atoms with van der Waals surface area (Å²) in [4.78, 5) is 15.2. The van der Waals surface area contributed by atoms with Crippen LogP contribution in [0.15, 0.2) is 55.0 Å². The van der Waals surface area contributed by atoms with Crippen LogP contribution in [0.4, 0.5) is 5.82 Å². The summed E-state index contributed by atoms with van der Waals surface area (Å²) in [5.74, 6) is 0.575. The highest BCUT2D eigenvalue weighted by Gasteiger charge is 2.22. The lowest BCUT2D eigenvalue weighted by Crippen LogP contribution is -2.32. The number of amides is 1. The molecule has 0 atom stereocenters. The number of rotatable bonds is 4. The van der Waals surface area contributed by atoms with Gasteiger partial charge in [-0.3, -0.25) is 4.79 Å². The molecule has 1 saturated heterocycles. The summed E-state index contributed by atoms with van der Waals surface area (Å²) < 4.78 is 3.64. The number of carbonyl (C=O) groups is 1.